The van der Waals surface area contributed by atoms with Gasteiger partial charge in [0.15, 0.2) is 0 Å². The van der Waals surface area contributed by atoms with Gasteiger partial charge in [0.1, 0.15) is 0 Å². The Labute approximate surface area is 98.9 Å². The highest BCUT2D eigenvalue weighted by atomic mass is 79.9. The van der Waals surface area contributed by atoms with Crippen LogP contribution in [0, 0.1) is 6.92 Å². The molecule has 0 atom stereocenters. The van der Waals surface area contributed by atoms with Crippen molar-refractivity contribution in [3.63, 3.8) is 0 Å². The van der Waals surface area contributed by atoms with Crippen LogP contribution < -0.4 is 0 Å². The molecule has 0 radical (unpaired) electrons. The van der Waals surface area contributed by atoms with Crippen LogP contribution in [0.3, 0.4) is 0 Å². The van der Waals surface area contributed by atoms with E-state index in [4.69, 9.17) is 5.11 Å². The summed E-state index contributed by atoms with van der Waals surface area (Å²) in [5, 5.41) is 8.49. The molecule has 1 rings (SSSR count). The highest BCUT2D eigenvalue weighted by Gasteiger charge is 2.01. The largest absolute Gasteiger partial charge is 0.478 e. The topological polar surface area (TPSA) is 37.3 Å². The monoisotopic (exact) mass is 318 g/mol. The molecule has 74 valence electrons. The van der Waals surface area contributed by atoms with Gasteiger partial charge in [-0.05, 0) is 36.3 Å². The second kappa shape index (κ2) is 4.75. The van der Waals surface area contributed by atoms with Crippen molar-refractivity contribution in [3.05, 3.63) is 38.3 Å². The lowest BCUT2D eigenvalue weighted by Crippen LogP contribution is -1.88. The van der Waals surface area contributed by atoms with Crippen LogP contribution >= 0.6 is 31.9 Å². The van der Waals surface area contributed by atoms with E-state index in [2.05, 4.69) is 31.9 Å². The van der Waals surface area contributed by atoms with Crippen molar-refractivity contribution in [2.75, 3.05) is 0 Å². The van der Waals surface area contributed by atoms with Crippen LogP contribution in [0.25, 0.3) is 6.08 Å². The fraction of sp³-hybridized carbons (Fsp3) is 0.100. The molecule has 0 heterocycles. The van der Waals surface area contributed by atoms with Gasteiger partial charge in [-0.1, -0.05) is 31.9 Å². The van der Waals surface area contributed by atoms with Crippen molar-refractivity contribution >= 4 is 43.9 Å². The lowest BCUT2D eigenvalue weighted by molar-refractivity contribution is -0.131. The number of carboxylic acid groups (broad SMARTS) is 1. The third-order valence-electron chi connectivity index (χ3n) is 1.75. The summed E-state index contributed by atoms with van der Waals surface area (Å²) in [6, 6.07) is 3.80. The molecule has 0 aliphatic heterocycles. The van der Waals surface area contributed by atoms with Crippen molar-refractivity contribution in [2.24, 2.45) is 0 Å². The molecule has 1 aromatic rings. The quantitative estimate of drug-likeness (QED) is 0.845. The van der Waals surface area contributed by atoms with Crippen LogP contribution in [0.1, 0.15) is 11.1 Å². The molecule has 0 spiro atoms. The molecular weight excluding hydrogens is 312 g/mol. The SMILES string of the molecule is Cc1c(Br)cc(Br)cc1/C=C/C(=O)O. The average molecular weight is 320 g/mol. The van der Waals surface area contributed by atoms with Crippen LogP contribution in [-0.2, 0) is 4.79 Å². The number of carbonyl (C=O) groups is 1. The van der Waals surface area contributed by atoms with Crippen LogP contribution in [0.4, 0.5) is 0 Å². The van der Waals surface area contributed by atoms with Gasteiger partial charge in [0.05, 0.1) is 0 Å². The van der Waals surface area contributed by atoms with E-state index in [-0.39, 0.29) is 0 Å². The fourth-order valence-electron chi connectivity index (χ4n) is 1.000. The molecule has 0 bridgehead atoms. The van der Waals surface area contributed by atoms with Crippen LogP contribution in [0.5, 0.6) is 0 Å². The van der Waals surface area contributed by atoms with E-state index in [9.17, 15) is 4.79 Å². The van der Waals surface area contributed by atoms with E-state index >= 15 is 0 Å². The Morgan fingerprint density at radius 1 is 1.43 bits per heavy atom. The third kappa shape index (κ3) is 2.96. The molecule has 2 nitrogen and oxygen atoms in total. The second-order valence-corrected chi connectivity index (χ2v) is 4.54. The normalized spacial score (nSPS) is 10.8. The van der Waals surface area contributed by atoms with Crippen molar-refractivity contribution in [3.8, 4) is 0 Å². The maximum absolute atomic E-state index is 10.3. The minimum Gasteiger partial charge on any atom is -0.478 e. The molecule has 0 saturated heterocycles. The summed E-state index contributed by atoms with van der Waals surface area (Å²) in [5.41, 5.74) is 1.90. The number of benzene rings is 1. The molecule has 1 N–H and O–H groups in total. The predicted molar refractivity (Wildman–Crippen MR) is 63.2 cm³/mol. The number of halogens is 2. The Bertz CT molecular complexity index is 397. The van der Waals surface area contributed by atoms with Gasteiger partial charge in [-0.15, -0.1) is 0 Å². The van der Waals surface area contributed by atoms with Gasteiger partial charge in [0, 0.05) is 15.0 Å². The standard InChI is InChI=1S/C10H8Br2O2/c1-6-7(2-3-10(13)14)4-8(11)5-9(6)12/h2-5H,1H3,(H,13,14)/b3-2+. The summed E-state index contributed by atoms with van der Waals surface area (Å²) in [5.74, 6) is -0.944. The summed E-state index contributed by atoms with van der Waals surface area (Å²) in [6.07, 6.45) is 2.70. The lowest BCUT2D eigenvalue weighted by atomic mass is 10.1. The molecule has 0 aromatic heterocycles. The van der Waals surface area contributed by atoms with Crippen molar-refractivity contribution < 1.29 is 9.90 Å². The predicted octanol–water partition coefficient (Wildman–Crippen LogP) is 3.62. The fourth-order valence-corrected chi connectivity index (χ4v) is 2.26. The maximum Gasteiger partial charge on any atom is 0.328 e. The van der Waals surface area contributed by atoms with Crippen LogP contribution in [0.15, 0.2) is 27.2 Å². The first kappa shape index (κ1) is 11.5. The van der Waals surface area contributed by atoms with Crippen molar-refractivity contribution in [2.45, 2.75) is 6.92 Å². The zero-order valence-corrected chi connectivity index (χ0v) is 10.6. The van der Waals surface area contributed by atoms with Gasteiger partial charge in [-0.3, -0.25) is 0 Å². The van der Waals surface area contributed by atoms with E-state index in [0.29, 0.717) is 0 Å². The van der Waals surface area contributed by atoms with Gasteiger partial charge < -0.3 is 5.11 Å². The molecule has 0 aliphatic rings. The summed E-state index contributed by atoms with van der Waals surface area (Å²) in [6.45, 7) is 1.93. The summed E-state index contributed by atoms with van der Waals surface area (Å²) in [7, 11) is 0. The first-order valence-electron chi connectivity index (χ1n) is 3.87. The number of hydrogen-bond donors (Lipinski definition) is 1. The highest BCUT2D eigenvalue weighted by molar-refractivity contribution is 9.11. The van der Waals surface area contributed by atoms with E-state index in [1.165, 1.54) is 0 Å². The molecule has 1 aromatic carbocycles. The Balaban J connectivity index is 3.14. The minimum absolute atomic E-state index is 0.883. The Morgan fingerprint density at radius 2 is 2.07 bits per heavy atom. The lowest BCUT2D eigenvalue weighted by Gasteiger charge is -2.03. The third-order valence-corrected chi connectivity index (χ3v) is 3.04. The molecule has 0 saturated carbocycles. The van der Waals surface area contributed by atoms with E-state index in [1.54, 1.807) is 6.08 Å². The number of hydrogen-bond acceptors (Lipinski definition) is 1. The van der Waals surface area contributed by atoms with Gasteiger partial charge in [0.25, 0.3) is 0 Å². The van der Waals surface area contributed by atoms with Gasteiger partial charge in [0.2, 0.25) is 0 Å². The average Bonchev–Trinajstić information content (AvgIpc) is 2.08. The molecule has 14 heavy (non-hydrogen) atoms. The Kier molecular flexibility index (Phi) is 3.89. The summed E-state index contributed by atoms with van der Waals surface area (Å²) in [4.78, 5) is 10.3. The van der Waals surface area contributed by atoms with Gasteiger partial charge >= 0.3 is 5.97 Å². The molecule has 0 unspecified atom stereocenters. The zero-order valence-electron chi connectivity index (χ0n) is 7.42. The Hall–Kier alpha value is -0.610. The zero-order chi connectivity index (χ0) is 10.7. The molecule has 0 aliphatic carbocycles. The number of carboxylic acids is 1. The second-order valence-electron chi connectivity index (χ2n) is 2.77. The van der Waals surface area contributed by atoms with Gasteiger partial charge in [-0.2, -0.15) is 0 Å². The van der Waals surface area contributed by atoms with E-state index in [1.807, 2.05) is 19.1 Å². The summed E-state index contributed by atoms with van der Waals surface area (Å²) >= 11 is 6.74. The maximum atomic E-state index is 10.3. The van der Waals surface area contributed by atoms with Crippen molar-refractivity contribution in [1.29, 1.82) is 0 Å². The highest BCUT2D eigenvalue weighted by Crippen LogP contribution is 2.26. The Morgan fingerprint density at radius 3 is 2.64 bits per heavy atom. The number of rotatable bonds is 2. The van der Waals surface area contributed by atoms with Crippen LogP contribution in [-0.4, -0.2) is 11.1 Å². The van der Waals surface area contributed by atoms with E-state index < -0.39 is 5.97 Å². The first-order valence-corrected chi connectivity index (χ1v) is 5.46. The molecule has 4 heteroatoms. The van der Waals surface area contributed by atoms with E-state index in [0.717, 1.165) is 26.1 Å². The molecule has 0 fully saturated rings. The smallest absolute Gasteiger partial charge is 0.328 e. The molecule has 0 amide bonds. The van der Waals surface area contributed by atoms with Gasteiger partial charge in [-0.25, -0.2) is 4.79 Å². The van der Waals surface area contributed by atoms with Crippen molar-refractivity contribution in [1.82, 2.24) is 0 Å². The number of aliphatic carboxylic acids is 1. The first-order chi connectivity index (χ1) is 6.50. The van der Waals surface area contributed by atoms with Crippen LogP contribution in [0.2, 0.25) is 0 Å². The molecular formula is C10H8Br2O2. The summed E-state index contributed by atoms with van der Waals surface area (Å²) < 4.78 is 1.87. The minimum atomic E-state index is -0.944.